The molecule has 2 amide bonds. The van der Waals surface area contributed by atoms with E-state index in [9.17, 15) is 14.7 Å². The first-order valence-corrected chi connectivity index (χ1v) is 11.6. The normalized spacial score (nSPS) is 22.8. The van der Waals surface area contributed by atoms with Crippen LogP contribution in [0.4, 0.5) is 0 Å². The molecule has 0 unspecified atom stereocenters. The molecule has 0 radical (unpaired) electrons. The summed E-state index contributed by atoms with van der Waals surface area (Å²) < 4.78 is 5.93. The van der Waals surface area contributed by atoms with Crippen LogP contribution in [0, 0.1) is 5.92 Å². The van der Waals surface area contributed by atoms with E-state index < -0.39 is 6.10 Å². The first-order valence-electron chi connectivity index (χ1n) is 11.6. The number of aliphatic hydroxyl groups is 1. The summed E-state index contributed by atoms with van der Waals surface area (Å²) in [5, 5.41) is 15.7. The lowest BCUT2D eigenvalue weighted by Crippen LogP contribution is -2.51. The molecular formula is C26H32N2O4. The molecule has 6 heteroatoms. The smallest absolute Gasteiger partial charge is 0.222 e. The fraction of sp³-hybridized carbons (Fsp3) is 0.462. The SMILES string of the molecule is O=C(C[C@H]1CC[C@@H](NC(=O)CC2CC2)[C@@H](CO)O1)NCc1ccc(-c2ccccc2)cc1. The van der Waals surface area contributed by atoms with Crippen LogP contribution in [0.5, 0.6) is 0 Å². The molecule has 1 saturated heterocycles. The molecule has 0 spiro atoms. The van der Waals surface area contributed by atoms with E-state index in [2.05, 4.69) is 34.9 Å². The average molecular weight is 437 g/mol. The van der Waals surface area contributed by atoms with E-state index in [1.165, 1.54) is 0 Å². The molecule has 1 aliphatic heterocycles. The van der Waals surface area contributed by atoms with Crippen LogP contribution in [0.1, 0.15) is 44.1 Å². The van der Waals surface area contributed by atoms with Crippen molar-refractivity contribution in [3.05, 3.63) is 60.2 Å². The van der Waals surface area contributed by atoms with Gasteiger partial charge in [0, 0.05) is 13.0 Å². The van der Waals surface area contributed by atoms with Crippen LogP contribution in [0.3, 0.4) is 0 Å². The van der Waals surface area contributed by atoms with E-state index in [0.29, 0.717) is 31.7 Å². The Kier molecular flexibility index (Phi) is 7.55. The summed E-state index contributed by atoms with van der Waals surface area (Å²) in [7, 11) is 0. The van der Waals surface area contributed by atoms with Gasteiger partial charge in [-0.25, -0.2) is 0 Å². The zero-order chi connectivity index (χ0) is 22.3. The zero-order valence-corrected chi connectivity index (χ0v) is 18.3. The second-order valence-corrected chi connectivity index (χ2v) is 8.92. The number of benzene rings is 2. The summed E-state index contributed by atoms with van der Waals surface area (Å²) in [6, 6.07) is 18.2. The van der Waals surface area contributed by atoms with E-state index >= 15 is 0 Å². The Labute approximate surface area is 189 Å². The van der Waals surface area contributed by atoms with Crippen LogP contribution in [-0.2, 0) is 20.9 Å². The van der Waals surface area contributed by atoms with Crippen LogP contribution in [0.25, 0.3) is 11.1 Å². The molecule has 4 rings (SSSR count). The number of carbonyl (C=O) groups is 2. The Morgan fingerprint density at radius 2 is 1.59 bits per heavy atom. The van der Waals surface area contributed by atoms with E-state index in [1.807, 2.05) is 30.3 Å². The van der Waals surface area contributed by atoms with Crippen molar-refractivity contribution in [2.45, 2.75) is 63.3 Å². The third kappa shape index (κ3) is 6.40. The van der Waals surface area contributed by atoms with Gasteiger partial charge >= 0.3 is 0 Å². The number of amides is 2. The van der Waals surface area contributed by atoms with Crippen molar-refractivity contribution in [2.24, 2.45) is 5.92 Å². The van der Waals surface area contributed by atoms with Crippen LogP contribution in [-0.4, -0.2) is 41.8 Å². The lowest BCUT2D eigenvalue weighted by Gasteiger charge is -2.36. The predicted molar refractivity (Wildman–Crippen MR) is 123 cm³/mol. The third-order valence-corrected chi connectivity index (χ3v) is 6.28. The molecule has 3 N–H and O–H groups in total. The first kappa shape index (κ1) is 22.5. The highest BCUT2D eigenvalue weighted by molar-refractivity contribution is 5.77. The van der Waals surface area contributed by atoms with Gasteiger partial charge in [-0.15, -0.1) is 0 Å². The monoisotopic (exact) mass is 436 g/mol. The summed E-state index contributed by atoms with van der Waals surface area (Å²) in [6.45, 7) is 0.296. The molecule has 0 bridgehead atoms. The van der Waals surface area contributed by atoms with Crippen LogP contribution in [0.15, 0.2) is 54.6 Å². The number of hydrogen-bond donors (Lipinski definition) is 3. The maximum absolute atomic E-state index is 12.4. The molecular weight excluding hydrogens is 404 g/mol. The Bertz CT molecular complexity index is 896. The van der Waals surface area contributed by atoms with Crippen LogP contribution in [0.2, 0.25) is 0 Å². The van der Waals surface area contributed by atoms with Crippen LogP contribution < -0.4 is 10.6 Å². The van der Waals surface area contributed by atoms with Crippen molar-refractivity contribution in [2.75, 3.05) is 6.61 Å². The molecule has 2 aromatic carbocycles. The average Bonchev–Trinajstić information content (AvgIpc) is 3.63. The minimum Gasteiger partial charge on any atom is -0.394 e. The molecule has 1 heterocycles. The summed E-state index contributed by atoms with van der Waals surface area (Å²) in [6.07, 6.45) is 3.76. The molecule has 32 heavy (non-hydrogen) atoms. The number of hydrogen-bond acceptors (Lipinski definition) is 4. The van der Waals surface area contributed by atoms with Crippen molar-refractivity contribution in [3.63, 3.8) is 0 Å². The number of nitrogens with one attached hydrogen (secondary N) is 2. The number of carbonyl (C=O) groups excluding carboxylic acids is 2. The zero-order valence-electron chi connectivity index (χ0n) is 18.3. The van der Waals surface area contributed by atoms with Gasteiger partial charge in [-0.05, 0) is 48.3 Å². The Balaban J connectivity index is 1.20. The van der Waals surface area contributed by atoms with Crippen molar-refractivity contribution >= 4 is 11.8 Å². The van der Waals surface area contributed by atoms with Gasteiger partial charge in [0.1, 0.15) is 6.10 Å². The highest BCUT2D eigenvalue weighted by Crippen LogP contribution is 2.32. The fourth-order valence-electron chi connectivity index (χ4n) is 4.22. The molecule has 1 aliphatic carbocycles. The van der Waals surface area contributed by atoms with Gasteiger partial charge in [0.2, 0.25) is 11.8 Å². The highest BCUT2D eigenvalue weighted by Gasteiger charge is 2.34. The van der Waals surface area contributed by atoms with Gasteiger partial charge in [-0.1, -0.05) is 54.6 Å². The number of rotatable bonds is 9. The van der Waals surface area contributed by atoms with Crippen molar-refractivity contribution in [1.82, 2.24) is 10.6 Å². The van der Waals surface area contributed by atoms with Gasteiger partial charge in [0.25, 0.3) is 0 Å². The predicted octanol–water partition coefficient (Wildman–Crippen LogP) is 3.18. The summed E-state index contributed by atoms with van der Waals surface area (Å²) >= 11 is 0. The second-order valence-electron chi connectivity index (χ2n) is 8.92. The summed E-state index contributed by atoms with van der Waals surface area (Å²) in [5.41, 5.74) is 3.34. The van der Waals surface area contributed by atoms with E-state index in [1.54, 1.807) is 0 Å². The Morgan fingerprint density at radius 1 is 0.875 bits per heavy atom. The quantitative estimate of drug-likeness (QED) is 0.563. The minimum absolute atomic E-state index is 0.0361. The Hall–Kier alpha value is -2.70. The third-order valence-electron chi connectivity index (χ3n) is 6.28. The number of aliphatic hydroxyl groups excluding tert-OH is 1. The fourth-order valence-corrected chi connectivity index (χ4v) is 4.22. The molecule has 3 atom stereocenters. The first-order chi connectivity index (χ1) is 15.6. The highest BCUT2D eigenvalue weighted by atomic mass is 16.5. The van der Waals surface area contributed by atoms with Crippen molar-refractivity contribution in [1.29, 1.82) is 0 Å². The largest absolute Gasteiger partial charge is 0.394 e. The minimum atomic E-state index is -0.463. The summed E-state index contributed by atoms with van der Waals surface area (Å²) in [4.78, 5) is 24.5. The van der Waals surface area contributed by atoms with Crippen molar-refractivity contribution < 1.29 is 19.4 Å². The van der Waals surface area contributed by atoms with E-state index in [-0.39, 0.29) is 37.0 Å². The summed E-state index contributed by atoms with van der Waals surface area (Å²) in [5.74, 6) is 0.488. The molecule has 2 aliphatic rings. The molecule has 2 fully saturated rings. The number of ether oxygens (including phenoxy) is 1. The maximum atomic E-state index is 12.4. The lowest BCUT2D eigenvalue weighted by atomic mass is 9.96. The van der Waals surface area contributed by atoms with Crippen LogP contribution >= 0.6 is 0 Å². The van der Waals surface area contributed by atoms with Gasteiger partial charge in [0.05, 0.1) is 25.2 Å². The van der Waals surface area contributed by atoms with Gasteiger partial charge < -0.3 is 20.5 Å². The standard InChI is InChI=1S/C26H32N2O4/c29-17-24-23(28-26(31)14-18-6-7-18)13-12-22(32-24)15-25(30)27-16-19-8-10-21(11-9-19)20-4-2-1-3-5-20/h1-5,8-11,18,22-24,29H,6-7,12-17H2,(H,27,30)(H,28,31)/t22-,23-,24-/m1/s1. The lowest BCUT2D eigenvalue weighted by molar-refractivity contribution is -0.136. The molecule has 6 nitrogen and oxygen atoms in total. The molecule has 1 saturated carbocycles. The topological polar surface area (TPSA) is 87.7 Å². The molecule has 2 aromatic rings. The molecule has 170 valence electrons. The van der Waals surface area contributed by atoms with E-state index in [4.69, 9.17) is 4.74 Å². The van der Waals surface area contributed by atoms with Gasteiger partial charge in [-0.2, -0.15) is 0 Å². The molecule has 0 aromatic heterocycles. The van der Waals surface area contributed by atoms with Gasteiger partial charge in [-0.3, -0.25) is 9.59 Å². The Morgan fingerprint density at radius 3 is 2.28 bits per heavy atom. The maximum Gasteiger partial charge on any atom is 0.222 e. The second kappa shape index (κ2) is 10.7. The van der Waals surface area contributed by atoms with Gasteiger partial charge in [0.15, 0.2) is 0 Å². The van der Waals surface area contributed by atoms with E-state index in [0.717, 1.165) is 29.5 Å². The van der Waals surface area contributed by atoms with Crippen molar-refractivity contribution in [3.8, 4) is 11.1 Å².